The highest BCUT2D eigenvalue weighted by Gasteiger charge is 2.23. The molecule has 1 amide bonds. The summed E-state index contributed by atoms with van der Waals surface area (Å²) in [5.41, 5.74) is 1.35. The molecule has 1 aliphatic heterocycles. The Balaban J connectivity index is 1.30. The Bertz CT molecular complexity index is 1470. The van der Waals surface area contributed by atoms with E-state index in [1.54, 1.807) is 12.0 Å². The molecule has 4 aromatic rings. The summed E-state index contributed by atoms with van der Waals surface area (Å²) in [7, 11) is 1.63. The summed E-state index contributed by atoms with van der Waals surface area (Å²) in [4.78, 5) is 34.7. The van der Waals surface area contributed by atoms with Crippen LogP contribution in [-0.4, -0.2) is 69.6 Å². The lowest BCUT2D eigenvalue weighted by Crippen LogP contribution is -2.49. The number of methoxy groups -OCH3 is 1. The van der Waals surface area contributed by atoms with Crippen LogP contribution in [0.5, 0.6) is 5.75 Å². The molecular weight excluding hydrogens is 507 g/mol. The van der Waals surface area contributed by atoms with Crippen LogP contribution >= 0.6 is 23.4 Å². The molecule has 2 aromatic heterocycles. The number of H-pyrrole nitrogens is 1. The normalized spacial score (nSPS) is 13.9. The molecule has 12 heteroatoms. The van der Waals surface area contributed by atoms with E-state index in [0.29, 0.717) is 37.5 Å². The molecule has 3 heterocycles. The van der Waals surface area contributed by atoms with E-state index in [-0.39, 0.29) is 32.8 Å². The number of hydrogen-bond donors (Lipinski definition) is 1. The first-order valence-electron chi connectivity index (χ1n) is 11.2. The second-order valence-corrected chi connectivity index (χ2v) is 9.47. The maximum absolute atomic E-state index is 13.7. The van der Waals surface area contributed by atoms with Crippen molar-refractivity contribution >= 4 is 46.0 Å². The number of ether oxygens (including phenoxy) is 1. The van der Waals surface area contributed by atoms with Crippen molar-refractivity contribution in [3.63, 3.8) is 0 Å². The molecule has 1 saturated heterocycles. The number of nitrogens with one attached hydrogen (secondary N) is 1. The smallest absolute Gasteiger partial charge is 0.269 e. The maximum Gasteiger partial charge on any atom is 0.269 e. The van der Waals surface area contributed by atoms with Gasteiger partial charge in [0.05, 0.1) is 29.8 Å². The van der Waals surface area contributed by atoms with Crippen LogP contribution in [0, 0.1) is 5.82 Å². The van der Waals surface area contributed by atoms with Crippen molar-refractivity contribution in [2.75, 3.05) is 43.9 Å². The molecule has 1 fully saturated rings. The van der Waals surface area contributed by atoms with Gasteiger partial charge in [-0.2, -0.15) is 5.10 Å². The molecule has 0 aliphatic carbocycles. The lowest BCUT2D eigenvalue weighted by molar-refractivity contribution is -0.128. The van der Waals surface area contributed by atoms with E-state index in [2.05, 4.69) is 20.1 Å². The predicted molar refractivity (Wildman–Crippen MR) is 137 cm³/mol. The fourth-order valence-electron chi connectivity index (χ4n) is 4.05. The Kier molecular flexibility index (Phi) is 6.84. The molecule has 0 unspecified atom stereocenters. The van der Waals surface area contributed by atoms with Crippen molar-refractivity contribution < 1.29 is 13.9 Å². The first-order valence-corrected chi connectivity index (χ1v) is 12.5. The van der Waals surface area contributed by atoms with E-state index in [1.807, 2.05) is 24.3 Å². The highest BCUT2D eigenvalue weighted by Crippen LogP contribution is 2.25. The summed E-state index contributed by atoms with van der Waals surface area (Å²) < 4.78 is 20.3. The Morgan fingerprint density at radius 3 is 2.56 bits per heavy atom. The fourth-order valence-corrected chi connectivity index (χ4v) is 5.13. The zero-order valence-electron chi connectivity index (χ0n) is 19.3. The van der Waals surface area contributed by atoms with Crippen molar-refractivity contribution in [2.24, 2.45) is 0 Å². The molecule has 5 rings (SSSR count). The van der Waals surface area contributed by atoms with Crippen LogP contribution < -0.4 is 15.2 Å². The number of carbonyl (C=O) groups excluding carboxylic acids is 1. The first-order chi connectivity index (χ1) is 17.4. The lowest BCUT2D eigenvalue weighted by atomic mass is 10.2. The minimum absolute atomic E-state index is 0.0583. The van der Waals surface area contributed by atoms with Gasteiger partial charge in [0.15, 0.2) is 10.8 Å². The number of benzene rings is 2. The number of piperazine rings is 1. The molecule has 0 bridgehead atoms. The van der Waals surface area contributed by atoms with Gasteiger partial charge >= 0.3 is 0 Å². The largest absolute Gasteiger partial charge is 0.497 e. The number of nitrogens with zero attached hydrogens (tertiary/aromatic N) is 5. The van der Waals surface area contributed by atoms with Crippen LogP contribution in [0.15, 0.2) is 58.6 Å². The van der Waals surface area contributed by atoms with Gasteiger partial charge in [-0.25, -0.2) is 9.37 Å². The summed E-state index contributed by atoms with van der Waals surface area (Å²) in [5, 5.41) is 7.04. The van der Waals surface area contributed by atoms with E-state index in [0.717, 1.165) is 23.2 Å². The first kappa shape index (κ1) is 24.1. The van der Waals surface area contributed by atoms with E-state index in [4.69, 9.17) is 16.3 Å². The van der Waals surface area contributed by atoms with Crippen LogP contribution in [0.2, 0.25) is 5.02 Å². The minimum Gasteiger partial charge on any atom is -0.497 e. The van der Waals surface area contributed by atoms with Gasteiger partial charge in [-0.3, -0.25) is 19.3 Å². The third-order valence-electron chi connectivity index (χ3n) is 6.01. The van der Waals surface area contributed by atoms with E-state index in [9.17, 15) is 14.0 Å². The zero-order chi connectivity index (χ0) is 25.2. The number of amides is 1. The third-order valence-corrected chi connectivity index (χ3v) is 7.22. The average Bonchev–Trinajstić information content (AvgIpc) is 3.38. The molecule has 0 atom stereocenters. The summed E-state index contributed by atoms with van der Waals surface area (Å²) in [5.74, 6) is 0.234. The van der Waals surface area contributed by atoms with Gasteiger partial charge in [-0.15, -0.1) is 0 Å². The predicted octanol–water partition coefficient (Wildman–Crippen LogP) is 3.35. The molecule has 0 radical (unpaired) electrons. The Morgan fingerprint density at radius 1 is 1.14 bits per heavy atom. The van der Waals surface area contributed by atoms with Gasteiger partial charge in [-0.05, 0) is 42.5 Å². The van der Waals surface area contributed by atoms with Gasteiger partial charge in [0, 0.05) is 31.9 Å². The Labute approximate surface area is 214 Å². The fraction of sp³-hybridized carbons (Fsp3) is 0.250. The number of rotatable bonds is 6. The highest BCUT2D eigenvalue weighted by atomic mass is 35.5. The van der Waals surface area contributed by atoms with E-state index >= 15 is 0 Å². The van der Waals surface area contributed by atoms with Crippen LogP contribution in [-0.2, 0) is 4.79 Å². The number of halogens is 2. The molecular formula is C24H22ClFN6O3S. The number of thioether (sulfide) groups is 1. The standard InChI is InChI=1S/C24H22ClFN6O3S/c1-35-17-5-2-15(3-6-17)30-8-10-31(11-9-30)21(33)14-36-24-28-22-18(13-27-29-22)23(34)32(24)16-4-7-20(26)19(25)12-16/h2-7,12-13H,8-11,14H2,1H3,(H,27,29). The second-order valence-electron chi connectivity index (χ2n) is 8.12. The summed E-state index contributed by atoms with van der Waals surface area (Å²) >= 11 is 7.09. The number of aromatic nitrogens is 4. The van der Waals surface area contributed by atoms with Gasteiger partial charge in [0.25, 0.3) is 5.56 Å². The Hall–Kier alpha value is -3.57. The van der Waals surface area contributed by atoms with Gasteiger partial charge in [0.2, 0.25) is 5.91 Å². The summed E-state index contributed by atoms with van der Waals surface area (Å²) in [6.07, 6.45) is 1.38. The van der Waals surface area contributed by atoms with Crippen molar-refractivity contribution in [2.45, 2.75) is 5.16 Å². The monoisotopic (exact) mass is 528 g/mol. The number of fused-ring (bicyclic) bond motifs is 1. The zero-order valence-corrected chi connectivity index (χ0v) is 20.9. The molecule has 9 nitrogen and oxygen atoms in total. The van der Waals surface area contributed by atoms with Crippen molar-refractivity contribution in [1.82, 2.24) is 24.6 Å². The maximum atomic E-state index is 13.7. The second kappa shape index (κ2) is 10.2. The molecule has 2 aromatic carbocycles. The van der Waals surface area contributed by atoms with Crippen LogP contribution in [0.4, 0.5) is 10.1 Å². The highest BCUT2D eigenvalue weighted by molar-refractivity contribution is 7.99. The van der Waals surface area contributed by atoms with Crippen molar-refractivity contribution in [3.05, 3.63) is 69.9 Å². The molecule has 1 N–H and O–H groups in total. The Morgan fingerprint density at radius 2 is 1.86 bits per heavy atom. The van der Waals surface area contributed by atoms with Crippen molar-refractivity contribution in [3.8, 4) is 11.4 Å². The third kappa shape index (κ3) is 4.76. The average molecular weight is 529 g/mol. The van der Waals surface area contributed by atoms with Gasteiger partial charge < -0.3 is 14.5 Å². The van der Waals surface area contributed by atoms with Crippen LogP contribution in [0.25, 0.3) is 16.7 Å². The topological polar surface area (TPSA) is 96.3 Å². The lowest BCUT2D eigenvalue weighted by Gasteiger charge is -2.36. The van der Waals surface area contributed by atoms with E-state index < -0.39 is 5.82 Å². The number of carbonyl (C=O) groups is 1. The van der Waals surface area contributed by atoms with Crippen LogP contribution in [0.3, 0.4) is 0 Å². The molecule has 1 aliphatic rings. The number of anilines is 1. The van der Waals surface area contributed by atoms with Gasteiger partial charge in [0.1, 0.15) is 17.0 Å². The summed E-state index contributed by atoms with van der Waals surface area (Å²) in [6.45, 7) is 2.58. The van der Waals surface area contributed by atoms with Gasteiger partial charge in [-0.1, -0.05) is 23.4 Å². The molecule has 0 saturated carbocycles. The van der Waals surface area contributed by atoms with Crippen molar-refractivity contribution in [1.29, 1.82) is 0 Å². The minimum atomic E-state index is -0.594. The SMILES string of the molecule is COc1ccc(N2CCN(C(=O)CSc3nc4[nH]ncc4c(=O)n3-c3ccc(F)c(Cl)c3)CC2)cc1. The number of aromatic amines is 1. The summed E-state index contributed by atoms with van der Waals surface area (Å²) in [6, 6.07) is 11.8. The molecule has 0 spiro atoms. The molecule has 186 valence electrons. The number of hydrogen-bond acceptors (Lipinski definition) is 7. The van der Waals surface area contributed by atoms with Crippen LogP contribution in [0.1, 0.15) is 0 Å². The molecule has 36 heavy (non-hydrogen) atoms. The quantitative estimate of drug-likeness (QED) is 0.303. The van der Waals surface area contributed by atoms with E-state index in [1.165, 1.54) is 29.0 Å².